The Morgan fingerprint density at radius 3 is 2.64 bits per heavy atom. The van der Waals surface area contributed by atoms with Crippen LogP contribution in [-0.2, 0) is 0 Å². The van der Waals surface area contributed by atoms with Crippen LogP contribution >= 0.6 is 27.7 Å². The van der Waals surface area contributed by atoms with Gasteiger partial charge in [0.1, 0.15) is 0 Å². The first kappa shape index (κ1) is 11.9. The molecule has 0 aromatic heterocycles. The molecule has 1 aromatic carbocycles. The normalized spacial score (nSPS) is 12.9. The van der Waals surface area contributed by atoms with Gasteiger partial charge in [-0.3, -0.25) is 0 Å². The van der Waals surface area contributed by atoms with E-state index in [4.69, 9.17) is 0 Å². The molecule has 1 atom stereocenters. The minimum absolute atomic E-state index is 0.455. The van der Waals surface area contributed by atoms with Crippen molar-refractivity contribution in [1.29, 1.82) is 0 Å². The van der Waals surface area contributed by atoms with E-state index < -0.39 is 17.7 Å². The maximum atomic E-state index is 12.7. The largest absolute Gasteiger partial charge is 0.391 e. The first-order valence-electron chi connectivity index (χ1n) is 3.95. The van der Waals surface area contributed by atoms with Crippen molar-refractivity contribution < 1.29 is 13.9 Å². The summed E-state index contributed by atoms with van der Waals surface area (Å²) in [5, 5.41) is 9.68. The van der Waals surface area contributed by atoms with E-state index in [9.17, 15) is 13.9 Å². The fraction of sp³-hybridized carbons (Fsp3) is 0.333. The summed E-state index contributed by atoms with van der Waals surface area (Å²) in [6.45, 7) is 0. The minimum Gasteiger partial charge on any atom is -0.391 e. The van der Waals surface area contributed by atoms with Gasteiger partial charge in [0.2, 0.25) is 0 Å². The van der Waals surface area contributed by atoms with Crippen molar-refractivity contribution in [2.75, 3.05) is 11.1 Å². The van der Waals surface area contributed by atoms with Gasteiger partial charge >= 0.3 is 0 Å². The zero-order valence-corrected chi connectivity index (χ0v) is 9.62. The van der Waals surface area contributed by atoms with Gasteiger partial charge in [0.05, 0.1) is 6.10 Å². The van der Waals surface area contributed by atoms with E-state index in [1.54, 1.807) is 0 Å². The van der Waals surface area contributed by atoms with Crippen molar-refractivity contribution >= 4 is 27.7 Å². The zero-order valence-electron chi connectivity index (χ0n) is 7.21. The molecular formula is C9H9BrF2OS. The van der Waals surface area contributed by atoms with Crippen molar-refractivity contribution in [2.24, 2.45) is 0 Å². The average molecular weight is 283 g/mol. The molecule has 0 bridgehead atoms. The first-order valence-corrected chi connectivity index (χ1v) is 6.06. The molecule has 1 nitrogen and oxygen atoms in total. The summed E-state index contributed by atoms with van der Waals surface area (Å²) in [7, 11) is 0. The van der Waals surface area contributed by atoms with Gasteiger partial charge in [0.25, 0.3) is 0 Å². The van der Waals surface area contributed by atoms with Gasteiger partial charge in [-0.05, 0) is 18.2 Å². The molecule has 0 fully saturated rings. The van der Waals surface area contributed by atoms with Crippen LogP contribution in [0.3, 0.4) is 0 Å². The standard InChI is InChI=1S/C9H9BrF2OS/c10-4-6(13)5-14-7-1-2-8(11)9(12)3-7/h1-3,6,13H,4-5H2. The topological polar surface area (TPSA) is 20.2 Å². The highest BCUT2D eigenvalue weighted by molar-refractivity contribution is 9.09. The molecule has 0 saturated carbocycles. The smallest absolute Gasteiger partial charge is 0.159 e. The van der Waals surface area contributed by atoms with Gasteiger partial charge < -0.3 is 5.11 Å². The summed E-state index contributed by atoms with van der Waals surface area (Å²) < 4.78 is 25.2. The van der Waals surface area contributed by atoms with Crippen molar-refractivity contribution in [3.63, 3.8) is 0 Å². The first-order chi connectivity index (χ1) is 6.63. The average Bonchev–Trinajstić information content (AvgIpc) is 2.19. The maximum absolute atomic E-state index is 12.7. The summed E-state index contributed by atoms with van der Waals surface area (Å²) in [4.78, 5) is 0.615. The van der Waals surface area contributed by atoms with Crippen molar-refractivity contribution in [3.05, 3.63) is 29.8 Å². The van der Waals surface area contributed by atoms with Crippen molar-refractivity contribution in [3.8, 4) is 0 Å². The Balaban J connectivity index is 2.55. The van der Waals surface area contributed by atoms with Crippen LogP contribution in [0.1, 0.15) is 0 Å². The number of thioether (sulfide) groups is 1. The molecule has 1 N–H and O–H groups in total. The molecule has 1 rings (SSSR count). The summed E-state index contributed by atoms with van der Waals surface area (Å²) in [6.07, 6.45) is -0.479. The van der Waals surface area contributed by atoms with Crippen LogP contribution in [-0.4, -0.2) is 22.3 Å². The third kappa shape index (κ3) is 3.55. The summed E-state index contributed by atoms with van der Waals surface area (Å²) >= 11 is 4.41. The maximum Gasteiger partial charge on any atom is 0.159 e. The van der Waals surface area contributed by atoms with E-state index in [1.807, 2.05) is 0 Å². The monoisotopic (exact) mass is 282 g/mol. The molecule has 1 unspecified atom stereocenters. The number of benzene rings is 1. The van der Waals surface area contributed by atoms with Gasteiger partial charge in [-0.1, -0.05) is 15.9 Å². The van der Waals surface area contributed by atoms with Crippen LogP contribution in [0.4, 0.5) is 8.78 Å². The number of alkyl halides is 1. The predicted octanol–water partition coefficient (Wildman–Crippen LogP) is 2.81. The molecule has 0 saturated heterocycles. The number of hydrogen-bond acceptors (Lipinski definition) is 2. The highest BCUT2D eigenvalue weighted by atomic mass is 79.9. The van der Waals surface area contributed by atoms with Crippen LogP contribution < -0.4 is 0 Å². The molecular weight excluding hydrogens is 274 g/mol. The Kier molecular flexibility index (Phi) is 4.84. The molecule has 0 aliphatic rings. The number of aliphatic hydroxyl groups is 1. The zero-order chi connectivity index (χ0) is 10.6. The van der Waals surface area contributed by atoms with Crippen molar-refractivity contribution in [2.45, 2.75) is 11.0 Å². The van der Waals surface area contributed by atoms with Gasteiger partial charge in [0, 0.05) is 16.0 Å². The highest BCUT2D eigenvalue weighted by Gasteiger charge is 2.05. The van der Waals surface area contributed by atoms with Crippen LogP contribution in [0.25, 0.3) is 0 Å². The SMILES string of the molecule is OC(CBr)CSc1ccc(F)c(F)c1. The second-order valence-electron chi connectivity index (χ2n) is 2.70. The molecule has 0 aliphatic heterocycles. The Morgan fingerprint density at radius 2 is 2.07 bits per heavy atom. The molecule has 1 aromatic rings. The van der Waals surface area contributed by atoms with Gasteiger partial charge in [-0.25, -0.2) is 8.78 Å². The van der Waals surface area contributed by atoms with Crippen LogP contribution in [0.2, 0.25) is 0 Å². The number of hydrogen-bond donors (Lipinski definition) is 1. The molecule has 0 radical (unpaired) electrons. The molecule has 78 valence electrons. The summed E-state index contributed by atoms with van der Waals surface area (Å²) in [5.41, 5.74) is 0. The highest BCUT2D eigenvalue weighted by Crippen LogP contribution is 2.21. The third-order valence-corrected chi connectivity index (χ3v) is 3.40. The molecule has 0 aliphatic carbocycles. The minimum atomic E-state index is -0.858. The van der Waals surface area contributed by atoms with E-state index in [0.717, 1.165) is 12.1 Å². The Bertz CT molecular complexity index is 309. The Labute approximate surface area is 93.6 Å². The molecule has 0 spiro atoms. The lowest BCUT2D eigenvalue weighted by Crippen LogP contribution is -2.10. The van der Waals surface area contributed by atoms with Crippen LogP contribution in [0, 0.1) is 11.6 Å². The number of halogens is 3. The van der Waals surface area contributed by atoms with E-state index in [2.05, 4.69) is 15.9 Å². The lowest BCUT2D eigenvalue weighted by molar-refractivity contribution is 0.226. The molecule has 14 heavy (non-hydrogen) atoms. The lowest BCUT2D eigenvalue weighted by Gasteiger charge is -2.06. The molecule has 0 heterocycles. The Morgan fingerprint density at radius 1 is 1.36 bits per heavy atom. The van der Waals surface area contributed by atoms with Crippen molar-refractivity contribution in [1.82, 2.24) is 0 Å². The Hall–Kier alpha value is -0.130. The summed E-state index contributed by atoms with van der Waals surface area (Å²) in [5.74, 6) is -1.25. The number of rotatable bonds is 4. The van der Waals surface area contributed by atoms with E-state index in [1.165, 1.54) is 17.8 Å². The fourth-order valence-electron chi connectivity index (χ4n) is 0.804. The van der Waals surface area contributed by atoms with Crippen LogP contribution in [0.5, 0.6) is 0 Å². The fourth-order valence-corrected chi connectivity index (χ4v) is 2.19. The molecule has 5 heteroatoms. The third-order valence-electron chi connectivity index (χ3n) is 1.51. The van der Waals surface area contributed by atoms with E-state index in [-0.39, 0.29) is 0 Å². The predicted molar refractivity (Wildman–Crippen MR) is 56.9 cm³/mol. The van der Waals surface area contributed by atoms with E-state index >= 15 is 0 Å². The van der Waals surface area contributed by atoms with Gasteiger partial charge in [-0.15, -0.1) is 11.8 Å². The van der Waals surface area contributed by atoms with Gasteiger partial charge in [-0.2, -0.15) is 0 Å². The second-order valence-corrected chi connectivity index (χ2v) is 4.44. The lowest BCUT2D eigenvalue weighted by atomic mass is 10.3. The molecule has 0 amide bonds. The quantitative estimate of drug-likeness (QED) is 0.677. The number of aliphatic hydroxyl groups excluding tert-OH is 1. The summed E-state index contributed by atoms with van der Waals surface area (Å²) in [6, 6.07) is 3.70. The van der Waals surface area contributed by atoms with E-state index in [0.29, 0.717) is 16.0 Å². The van der Waals surface area contributed by atoms with Gasteiger partial charge in [0.15, 0.2) is 11.6 Å². The van der Waals surface area contributed by atoms with Crippen LogP contribution in [0.15, 0.2) is 23.1 Å². The second kappa shape index (κ2) is 5.68.